The van der Waals surface area contributed by atoms with E-state index in [0.29, 0.717) is 19.4 Å². The first-order valence-electron chi connectivity index (χ1n) is 8.83. The second-order valence-corrected chi connectivity index (χ2v) is 6.31. The van der Waals surface area contributed by atoms with Gasteiger partial charge in [0, 0.05) is 44.5 Å². The van der Waals surface area contributed by atoms with Gasteiger partial charge in [0.2, 0.25) is 5.91 Å². The minimum absolute atomic E-state index is 0. The lowest BCUT2D eigenvalue weighted by Crippen LogP contribution is -2.48. The molecule has 146 valence electrons. The zero-order valence-corrected chi connectivity index (χ0v) is 16.5. The molecule has 0 radical (unpaired) electrons. The summed E-state index contributed by atoms with van der Waals surface area (Å²) in [4.78, 5) is 19.0. The SMILES string of the molecule is COc1cc(CCC(=O)N2CCNCC2c2cccnc2)cc(OC)c1.Cl. The predicted molar refractivity (Wildman–Crippen MR) is 107 cm³/mol. The van der Waals surface area contributed by atoms with E-state index in [1.807, 2.05) is 41.4 Å². The highest BCUT2D eigenvalue weighted by atomic mass is 35.5. The van der Waals surface area contributed by atoms with Crippen molar-refractivity contribution in [1.29, 1.82) is 0 Å². The average molecular weight is 392 g/mol. The van der Waals surface area contributed by atoms with Crippen molar-refractivity contribution in [2.24, 2.45) is 0 Å². The Morgan fingerprint density at radius 1 is 1.26 bits per heavy atom. The summed E-state index contributed by atoms with van der Waals surface area (Å²) in [7, 11) is 3.26. The van der Waals surface area contributed by atoms with Crippen LogP contribution in [0.4, 0.5) is 0 Å². The number of aryl methyl sites for hydroxylation is 1. The topological polar surface area (TPSA) is 63.7 Å². The Morgan fingerprint density at radius 3 is 2.63 bits per heavy atom. The van der Waals surface area contributed by atoms with Crippen LogP contribution in [0.3, 0.4) is 0 Å². The highest BCUT2D eigenvalue weighted by Gasteiger charge is 2.27. The molecule has 0 aliphatic carbocycles. The van der Waals surface area contributed by atoms with Crippen molar-refractivity contribution in [2.45, 2.75) is 18.9 Å². The standard InChI is InChI=1S/C20H25N3O3.ClH/c1-25-17-10-15(11-18(12-17)26-2)5-6-20(24)23-9-8-22-14-19(23)16-4-3-7-21-13-16;/h3-4,7,10-13,19,22H,5-6,8-9,14H2,1-2H3;1H. The molecule has 27 heavy (non-hydrogen) atoms. The summed E-state index contributed by atoms with van der Waals surface area (Å²) in [6.45, 7) is 2.28. The van der Waals surface area contributed by atoms with Crippen LogP contribution >= 0.6 is 12.4 Å². The van der Waals surface area contributed by atoms with Crippen molar-refractivity contribution >= 4 is 18.3 Å². The zero-order valence-electron chi connectivity index (χ0n) is 15.7. The van der Waals surface area contributed by atoms with Gasteiger partial charge in [0.15, 0.2) is 0 Å². The molecule has 6 nitrogen and oxygen atoms in total. The largest absolute Gasteiger partial charge is 0.497 e. The molecule has 1 aromatic heterocycles. The van der Waals surface area contributed by atoms with Gasteiger partial charge in [0.1, 0.15) is 11.5 Å². The van der Waals surface area contributed by atoms with Crippen LogP contribution in [0.25, 0.3) is 0 Å². The summed E-state index contributed by atoms with van der Waals surface area (Å²) < 4.78 is 10.6. The van der Waals surface area contributed by atoms with Gasteiger partial charge in [-0.1, -0.05) is 6.07 Å². The Kier molecular flexibility index (Phi) is 7.88. The molecule has 2 aromatic rings. The summed E-state index contributed by atoms with van der Waals surface area (Å²) in [5, 5.41) is 3.37. The molecule has 0 bridgehead atoms. The van der Waals surface area contributed by atoms with Crippen LogP contribution in [0.15, 0.2) is 42.7 Å². The number of methoxy groups -OCH3 is 2. The second kappa shape index (κ2) is 10.1. The second-order valence-electron chi connectivity index (χ2n) is 6.31. The quantitative estimate of drug-likeness (QED) is 0.820. The third-order valence-corrected chi connectivity index (χ3v) is 4.67. The third kappa shape index (κ3) is 5.34. The number of piperazine rings is 1. The molecule has 1 N–H and O–H groups in total. The van der Waals surface area contributed by atoms with Crippen LogP contribution in [-0.4, -0.2) is 49.6 Å². The molecular weight excluding hydrogens is 366 g/mol. The van der Waals surface area contributed by atoms with E-state index in [0.717, 1.165) is 35.7 Å². The highest BCUT2D eigenvalue weighted by Crippen LogP contribution is 2.25. The van der Waals surface area contributed by atoms with Crippen molar-refractivity contribution in [3.63, 3.8) is 0 Å². The zero-order chi connectivity index (χ0) is 18.4. The van der Waals surface area contributed by atoms with Crippen LogP contribution in [0.5, 0.6) is 11.5 Å². The van der Waals surface area contributed by atoms with Gasteiger partial charge < -0.3 is 19.7 Å². The van der Waals surface area contributed by atoms with Crippen molar-refractivity contribution in [3.05, 3.63) is 53.9 Å². The van der Waals surface area contributed by atoms with Gasteiger partial charge in [-0.15, -0.1) is 12.4 Å². The summed E-state index contributed by atoms with van der Waals surface area (Å²) >= 11 is 0. The van der Waals surface area contributed by atoms with Crippen LogP contribution in [0, 0.1) is 0 Å². The number of aromatic nitrogens is 1. The number of hydrogen-bond acceptors (Lipinski definition) is 5. The van der Waals surface area contributed by atoms with Crippen LogP contribution in [0.1, 0.15) is 23.6 Å². The Bertz CT molecular complexity index is 720. The molecule has 1 aromatic carbocycles. The number of carbonyl (C=O) groups is 1. The summed E-state index contributed by atoms with van der Waals surface area (Å²) in [5.41, 5.74) is 2.10. The Morgan fingerprint density at radius 2 is 2.00 bits per heavy atom. The maximum absolute atomic E-state index is 12.9. The van der Waals surface area contributed by atoms with Gasteiger partial charge in [0.05, 0.1) is 20.3 Å². The Balaban J connectivity index is 0.00000261. The number of ether oxygens (including phenoxy) is 2. The van der Waals surface area contributed by atoms with Crippen LogP contribution in [-0.2, 0) is 11.2 Å². The first-order chi connectivity index (χ1) is 12.7. The molecule has 7 heteroatoms. The molecule has 0 spiro atoms. The molecule has 1 aliphatic rings. The lowest BCUT2D eigenvalue weighted by Gasteiger charge is -2.36. The fourth-order valence-corrected chi connectivity index (χ4v) is 3.28. The number of nitrogens with one attached hydrogen (secondary N) is 1. The van der Waals surface area contributed by atoms with Crippen LogP contribution in [0.2, 0.25) is 0 Å². The first-order valence-corrected chi connectivity index (χ1v) is 8.83. The molecule has 0 saturated carbocycles. The number of halogens is 1. The summed E-state index contributed by atoms with van der Waals surface area (Å²) in [6.07, 6.45) is 4.69. The fourth-order valence-electron chi connectivity index (χ4n) is 3.28. The minimum Gasteiger partial charge on any atom is -0.497 e. The van der Waals surface area contributed by atoms with Gasteiger partial charge in [0.25, 0.3) is 0 Å². The lowest BCUT2D eigenvalue weighted by atomic mass is 10.0. The number of amides is 1. The van der Waals surface area contributed by atoms with Crippen LogP contribution < -0.4 is 14.8 Å². The van der Waals surface area contributed by atoms with E-state index < -0.39 is 0 Å². The number of pyridine rings is 1. The molecular formula is C20H26ClN3O3. The van der Waals surface area contributed by atoms with Gasteiger partial charge in [-0.3, -0.25) is 9.78 Å². The molecule has 1 amide bonds. The van der Waals surface area contributed by atoms with Crippen molar-refractivity contribution in [1.82, 2.24) is 15.2 Å². The van der Waals surface area contributed by atoms with E-state index in [1.165, 1.54) is 0 Å². The van der Waals surface area contributed by atoms with E-state index in [4.69, 9.17) is 9.47 Å². The normalized spacial score (nSPS) is 16.4. The highest BCUT2D eigenvalue weighted by molar-refractivity contribution is 5.85. The fraction of sp³-hybridized carbons (Fsp3) is 0.400. The van der Waals surface area contributed by atoms with Crippen molar-refractivity contribution < 1.29 is 14.3 Å². The van der Waals surface area contributed by atoms with E-state index in [-0.39, 0.29) is 24.4 Å². The Hall–Kier alpha value is -2.31. The van der Waals surface area contributed by atoms with Gasteiger partial charge >= 0.3 is 0 Å². The third-order valence-electron chi connectivity index (χ3n) is 4.67. The van der Waals surface area contributed by atoms with Gasteiger partial charge in [-0.25, -0.2) is 0 Å². The number of hydrogen-bond donors (Lipinski definition) is 1. The molecule has 3 rings (SSSR count). The number of nitrogens with zero attached hydrogens (tertiary/aromatic N) is 2. The smallest absolute Gasteiger partial charge is 0.223 e. The maximum atomic E-state index is 12.9. The van der Waals surface area contributed by atoms with Gasteiger partial charge in [-0.2, -0.15) is 0 Å². The monoisotopic (exact) mass is 391 g/mol. The van der Waals surface area contributed by atoms with Crippen molar-refractivity contribution in [3.8, 4) is 11.5 Å². The van der Waals surface area contributed by atoms with Gasteiger partial charge in [-0.05, 0) is 35.7 Å². The summed E-state index contributed by atoms with van der Waals surface area (Å²) in [5.74, 6) is 1.63. The predicted octanol–water partition coefficient (Wildman–Crippen LogP) is 2.63. The first kappa shape index (κ1) is 21.0. The van der Waals surface area contributed by atoms with Crippen molar-refractivity contribution in [2.75, 3.05) is 33.9 Å². The number of rotatable bonds is 6. The molecule has 2 heterocycles. The minimum atomic E-state index is 0. The van der Waals surface area contributed by atoms with E-state index in [2.05, 4.69) is 10.3 Å². The van der Waals surface area contributed by atoms with E-state index in [1.54, 1.807) is 20.4 Å². The molecule has 1 atom stereocenters. The molecule has 1 aliphatic heterocycles. The van der Waals surface area contributed by atoms with E-state index in [9.17, 15) is 4.79 Å². The maximum Gasteiger partial charge on any atom is 0.223 e. The molecule has 1 saturated heterocycles. The average Bonchev–Trinajstić information content (AvgIpc) is 2.72. The lowest BCUT2D eigenvalue weighted by molar-refractivity contribution is -0.134. The summed E-state index contributed by atoms with van der Waals surface area (Å²) in [6, 6.07) is 9.70. The number of benzene rings is 1. The number of carbonyl (C=O) groups excluding carboxylic acids is 1. The molecule has 1 fully saturated rings. The molecule has 1 unspecified atom stereocenters. The Labute approximate surface area is 166 Å². The van der Waals surface area contributed by atoms with E-state index >= 15 is 0 Å².